The molecule has 1 saturated heterocycles. The van der Waals surface area contributed by atoms with Gasteiger partial charge in [0.15, 0.2) is 0 Å². The second-order valence-electron chi connectivity index (χ2n) is 6.54. The van der Waals surface area contributed by atoms with Gasteiger partial charge in [-0.1, -0.05) is 57.6 Å². The lowest BCUT2D eigenvalue weighted by Gasteiger charge is -2.13. The van der Waals surface area contributed by atoms with E-state index in [0.29, 0.717) is 32.4 Å². The van der Waals surface area contributed by atoms with Crippen molar-refractivity contribution in [2.75, 3.05) is 13.1 Å². The first-order chi connectivity index (χ1) is 11.2. The minimum atomic E-state index is -0.148. The highest BCUT2D eigenvalue weighted by Gasteiger charge is 2.36. The highest BCUT2D eigenvalue weighted by atomic mass is 16.2. The van der Waals surface area contributed by atoms with Crippen molar-refractivity contribution >= 4 is 11.8 Å². The number of nitrogens with zero attached hydrogens (tertiary/aromatic N) is 1. The van der Waals surface area contributed by atoms with Crippen LogP contribution in [0.1, 0.15) is 77.6 Å². The summed E-state index contributed by atoms with van der Waals surface area (Å²) in [7, 11) is 0. The van der Waals surface area contributed by atoms with E-state index in [2.05, 4.69) is 19.1 Å². The Morgan fingerprint density at radius 2 is 1.74 bits per heavy atom. The van der Waals surface area contributed by atoms with Crippen LogP contribution in [0.5, 0.6) is 0 Å². The fourth-order valence-corrected chi connectivity index (χ4v) is 3.02. The van der Waals surface area contributed by atoms with Crippen molar-refractivity contribution in [2.45, 2.75) is 77.6 Å². The smallest absolute Gasteiger partial charge is 0.233 e. The highest BCUT2D eigenvalue weighted by Crippen LogP contribution is 2.23. The highest BCUT2D eigenvalue weighted by molar-refractivity contribution is 6.03. The number of hydrogen-bond acceptors (Lipinski definition) is 3. The second kappa shape index (κ2) is 12.3. The van der Waals surface area contributed by atoms with Crippen molar-refractivity contribution in [3.05, 3.63) is 12.2 Å². The van der Waals surface area contributed by atoms with Crippen molar-refractivity contribution in [1.29, 1.82) is 0 Å². The number of carbonyl (C=O) groups excluding carboxylic acids is 2. The summed E-state index contributed by atoms with van der Waals surface area (Å²) in [6.45, 7) is 3.23. The minimum absolute atomic E-state index is 0.0102. The third-order valence-corrected chi connectivity index (χ3v) is 4.48. The van der Waals surface area contributed by atoms with Gasteiger partial charge in [-0.25, -0.2) is 0 Å². The van der Waals surface area contributed by atoms with Gasteiger partial charge in [0.05, 0.1) is 5.92 Å². The van der Waals surface area contributed by atoms with Crippen LogP contribution in [0.25, 0.3) is 0 Å². The largest absolute Gasteiger partial charge is 0.330 e. The van der Waals surface area contributed by atoms with E-state index in [1.165, 1.54) is 49.8 Å². The van der Waals surface area contributed by atoms with Crippen LogP contribution >= 0.6 is 0 Å². The molecule has 1 aliphatic heterocycles. The molecule has 2 amide bonds. The van der Waals surface area contributed by atoms with Crippen LogP contribution in [0, 0.1) is 5.92 Å². The average Bonchev–Trinajstić information content (AvgIpc) is 2.81. The molecule has 0 aromatic carbocycles. The van der Waals surface area contributed by atoms with Crippen LogP contribution in [0.3, 0.4) is 0 Å². The fourth-order valence-electron chi connectivity index (χ4n) is 3.02. The quantitative estimate of drug-likeness (QED) is 0.319. The zero-order valence-corrected chi connectivity index (χ0v) is 14.8. The fraction of sp³-hybridized carbons (Fsp3) is 0.789. The monoisotopic (exact) mass is 322 g/mol. The van der Waals surface area contributed by atoms with Crippen LogP contribution in [0.2, 0.25) is 0 Å². The van der Waals surface area contributed by atoms with Gasteiger partial charge in [0.25, 0.3) is 0 Å². The molecular weight excluding hydrogens is 288 g/mol. The molecule has 0 aliphatic carbocycles. The van der Waals surface area contributed by atoms with E-state index >= 15 is 0 Å². The van der Waals surface area contributed by atoms with Crippen molar-refractivity contribution < 1.29 is 9.59 Å². The molecule has 1 unspecified atom stereocenters. The Morgan fingerprint density at radius 1 is 1.04 bits per heavy atom. The van der Waals surface area contributed by atoms with Crippen molar-refractivity contribution in [2.24, 2.45) is 11.7 Å². The molecule has 23 heavy (non-hydrogen) atoms. The van der Waals surface area contributed by atoms with E-state index in [-0.39, 0.29) is 17.7 Å². The van der Waals surface area contributed by atoms with Gasteiger partial charge in [0, 0.05) is 13.0 Å². The maximum absolute atomic E-state index is 12.1. The summed E-state index contributed by atoms with van der Waals surface area (Å²) in [5, 5.41) is 0. The van der Waals surface area contributed by atoms with Crippen molar-refractivity contribution in [1.82, 2.24) is 4.90 Å². The summed E-state index contributed by atoms with van der Waals surface area (Å²) in [5.41, 5.74) is 5.44. The summed E-state index contributed by atoms with van der Waals surface area (Å²) in [6, 6.07) is 0. The predicted molar refractivity (Wildman–Crippen MR) is 94.9 cm³/mol. The molecule has 0 bridgehead atoms. The lowest BCUT2D eigenvalue weighted by molar-refractivity contribution is -0.139. The Labute approximate surface area is 141 Å². The number of amides is 2. The van der Waals surface area contributed by atoms with Crippen LogP contribution in [0.4, 0.5) is 0 Å². The average molecular weight is 322 g/mol. The number of imide groups is 1. The zero-order valence-electron chi connectivity index (χ0n) is 14.8. The van der Waals surface area contributed by atoms with Crippen molar-refractivity contribution in [3.8, 4) is 0 Å². The molecule has 1 atom stereocenters. The third-order valence-electron chi connectivity index (χ3n) is 4.48. The molecule has 1 aliphatic rings. The van der Waals surface area contributed by atoms with E-state index in [1.54, 1.807) is 0 Å². The second-order valence-corrected chi connectivity index (χ2v) is 6.54. The van der Waals surface area contributed by atoms with Crippen LogP contribution in [-0.2, 0) is 9.59 Å². The number of rotatable bonds is 13. The molecule has 0 spiro atoms. The summed E-state index contributed by atoms with van der Waals surface area (Å²) in [6.07, 6.45) is 16.3. The molecule has 0 aromatic rings. The number of nitrogens with two attached hydrogens (primary N) is 1. The van der Waals surface area contributed by atoms with Crippen LogP contribution < -0.4 is 5.73 Å². The molecular formula is C19H34N2O2. The number of carbonyl (C=O) groups is 2. The van der Waals surface area contributed by atoms with E-state index < -0.39 is 0 Å². The summed E-state index contributed by atoms with van der Waals surface area (Å²) in [5.74, 6) is -0.191. The van der Waals surface area contributed by atoms with Gasteiger partial charge in [0.2, 0.25) is 11.8 Å². The number of allylic oxidation sites excluding steroid dienone is 2. The van der Waals surface area contributed by atoms with Crippen molar-refractivity contribution in [3.63, 3.8) is 0 Å². The first kappa shape index (κ1) is 19.9. The number of hydrogen-bond donors (Lipinski definition) is 1. The third kappa shape index (κ3) is 7.78. The standard InChI is InChI=1S/C19H34N2O2/c1-2-3-4-5-6-7-8-9-10-11-13-17-16-18(22)21(19(17)23)15-12-14-20/h10-11,17H,2-9,12-16,20H2,1H3/b11-10+. The Hall–Kier alpha value is -1.16. The Kier molecular flexibility index (Phi) is 10.6. The maximum atomic E-state index is 12.1. The Balaban J connectivity index is 2.10. The van der Waals surface area contributed by atoms with Crippen LogP contribution in [0.15, 0.2) is 12.2 Å². The molecule has 132 valence electrons. The van der Waals surface area contributed by atoms with Crippen LogP contribution in [-0.4, -0.2) is 29.8 Å². The molecule has 1 fully saturated rings. The summed E-state index contributed by atoms with van der Waals surface area (Å²) in [4.78, 5) is 25.4. The minimum Gasteiger partial charge on any atom is -0.330 e. The molecule has 0 saturated carbocycles. The molecule has 1 rings (SSSR count). The first-order valence-electron chi connectivity index (χ1n) is 9.40. The number of unbranched alkanes of at least 4 members (excludes halogenated alkanes) is 7. The molecule has 1 heterocycles. The van der Waals surface area contributed by atoms with Gasteiger partial charge in [-0.05, 0) is 32.2 Å². The molecule has 0 radical (unpaired) electrons. The molecule has 0 aromatic heterocycles. The van der Waals surface area contributed by atoms with Gasteiger partial charge in [-0.3, -0.25) is 14.5 Å². The lowest BCUT2D eigenvalue weighted by Crippen LogP contribution is -2.32. The molecule has 2 N–H and O–H groups in total. The zero-order chi connectivity index (χ0) is 16.9. The summed E-state index contributed by atoms with van der Waals surface area (Å²) < 4.78 is 0. The lowest BCUT2D eigenvalue weighted by atomic mass is 10.0. The summed E-state index contributed by atoms with van der Waals surface area (Å²) >= 11 is 0. The van der Waals surface area contributed by atoms with E-state index in [4.69, 9.17) is 5.73 Å². The van der Waals surface area contributed by atoms with E-state index in [0.717, 1.165) is 6.42 Å². The van der Waals surface area contributed by atoms with E-state index in [1.807, 2.05) is 0 Å². The first-order valence-corrected chi connectivity index (χ1v) is 9.40. The predicted octanol–water partition coefficient (Wildman–Crippen LogP) is 3.80. The van der Waals surface area contributed by atoms with E-state index in [9.17, 15) is 9.59 Å². The molecule has 4 nitrogen and oxygen atoms in total. The van der Waals surface area contributed by atoms with Gasteiger partial charge < -0.3 is 5.73 Å². The van der Waals surface area contributed by atoms with Gasteiger partial charge in [0.1, 0.15) is 0 Å². The molecule has 4 heteroatoms. The Bertz CT molecular complexity index is 380. The Morgan fingerprint density at radius 3 is 2.43 bits per heavy atom. The maximum Gasteiger partial charge on any atom is 0.233 e. The topological polar surface area (TPSA) is 63.4 Å². The number of likely N-dealkylation sites (tertiary alicyclic amines) is 1. The normalized spacial score (nSPS) is 18.5. The van der Waals surface area contributed by atoms with Gasteiger partial charge in [-0.15, -0.1) is 0 Å². The van der Waals surface area contributed by atoms with Gasteiger partial charge >= 0.3 is 0 Å². The van der Waals surface area contributed by atoms with Gasteiger partial charge in [-0.2, -0.15) is 0 Å². The SMILES string of the molecule is CCCCCCCCC/C=C/CC1CC(=O)N(CCCN)C1=O.